The fourth-order valence-electron chi connectivity index (χ4n) is 1.89. The van der Waals surface area contributed by atoms with Gasteiger partial charge in [-0.3, -0.25) is 10.4 Å². The van der Waals surface area contributed by atoms with Crippen LogP contribution in [-0.4, -0.2) is 28.9 Å². The van der Waals surface area contributed by atoms with E-state index in [-0.39, 0.29) is 12.1 Å². The van der Waals surface area contributed by atoms with Crippen LogP contribution in [0.25, 0.3) is 10.9 Å². The van der Waals surface area contributed by atoms with E-state index in [2.05, 4.69) is 20.8 Å². The van der Waals surface area contributed by atoms with Gasteiger partial charge in [-0.2, -0.15) is 5.10 Å². The summed E-state index contributed by atoms with van der Waals surface area (Å²) in [6.07, 6.45) is 2.01. The van der Waals surface area contributed by atoms with Crippen molar-refractivity contribution < 1.29 is 9.53 Å². The Balaban J connectivity index is 2.09. The number of H-pyrrole nitrogens is 1. The van der Waals surface area contributed by atoms with Crippen LogP contribution in [0.15, 0.2) is 29.8 Å². The smallest absolute Gasteiger partial charge is 0.320 e. The number of carbonyl (C=O) groups is 1. The Morgan fingerprint density at radius 2 is 2.18 bits per heavy atom. The topological polar surface area (TPSA) is 79.0 Å². The Bertz CT molecular complexity index is 685. The normalized spacial score (nSPS) is 10.6. The van der Waals surface area contributed by atoms with Crippen molar-refractivity contribution in [3.05, 3.63) is 29.8 Å². The molecule has 3 N–H and O–H groups in total. The van der Waals surface area contributed by atoms with Crippen LogP contribution in [0.4, 0.5) is 10.6 Å². The van der Waals surface area contributed by atoms with Crippen molar-refractivity contribution in [2.75, 3.05) is 11.9 Å². The quantitative estimate of drug-likeness (QED) is 0.740. The van der Waals surface area contributed by atoms with Gasteiger partial charge in [0.15, 0.2) is 5.82 Å². The van der Waals surface area contributed by atoms with E-state index in [0.29, 0.717) is 12.4 Å². The number of carbonyl (C=O) groups excluding carboxylic acids is 1. The van der Waals surface area contributed by atoms with Crippen molar-refractivity contribution in [3.63, 3.8) is 0 Å². The standard InChI is InChI=1S/C16H22N4O2/c1-10(2)7-8-22-12-5-6-13-14(9-12)19-20-15(13)18-16(21)17-11(3)4/h5-7,9,11H,8H2,1-4H3,(H3,17,18,19,20,21). The molecular formula is C16H22N4O2. The minimum Gasteiger partial charge on any atom is -0.489 e. The summed E-state index contributed by atoms with van der Waals surface area (Å²) < 4.78 is 5.64. The molecule has 2 aromatic rings. The zero-order valence-electron chi connectivity index (χ0n) is 13.4. The summed E-state index contributed by atoms with van der Waals surface area (Å²) in [7, 11) is 0. The number of nitrogens with zero attached hydrogens (tertiary/aromatic N) is 1. The summed E-state index contributed by atoms with van der Waals surface area (Å²) in [5.74, 6) is 1.26. The third-order valence-electron chi connectivity index (χ3n) is 2.93. The summed E-state index contributed by atoms with van der Waals surface area (Å²) in [5, 5.41) is 13.4. The summed E-state index contributed by atoms with van der Waals surface area (Å²) in [6.45, 7) is 8.39. The average molecular weight is 302 g/mol. The van der Waals surface area contributed by atoms with Gasteiger partial charge in [0.25, 0.3) is 0 Å². The molecule has 1 aromatic carbocycles. The first-order valence-electron chi connectivity index (χ1n) is 7.27. The molecule has 0 saturated carbocycles. The van der Waals surface area contributed by atoms with Crippen molar-refractivity contribution in [2.24, 2.45) is 0 Å². The number of aromatic nitrogens is 2. The second kappa shape index (κ2) is 6.98. The highest BCUT2D eigenvalue weighted by atomic mass is 16.5. The van der Waals surface area contributed by atoms with Crippen LogP contribution in [0.3, 0.4) is 0 Å². The number of fused-ring (bicyclic) bond motifs is 1. The number of nitrogens with one attached hydrogen (secondary N) is 3. The predicted molar refractivity (Wildman–Crippen MR) is 88.3 cm³/mol. The van der Waals surface area contributed by atoms with E-state index >= 15 is 0 Å². The molecule has 1 heterocycles. The first-order valence-corrected chi connectivity index (χ1v) is 7.27. The highest BCUT2D eigenvalue weighted by molar-refractivity contribution is 5.99. The number of rotatable bonds is 5. The lowest BCUT2D eigenvalue weighted by Crippen LogP contribution is -2.34. The van der Waals surface area contributed by atoms with E-state index in [1.807, 2.05) is 52.0 Å². The van der Waals surface area contributed by atoms with Gasteiger partial charge in [-0.25, -0.2) is 4.79 Å². The van der Waals surface area contributed by atoms with Crippen LogP contribution in [0, 0.1) is 0 Å². The molecule has 6 nitrogen and oxygen atoms in total. The molecular weight excluding hydrogens is 280 g/mol. The van der Waals surface area contributed by atoms with Gasteiger partial charge in [-0.15, -0.1) is 0 Å². The summed E-state index contributed by atoms with van der Waals surface area (Å²) in [6, 6.07) is 5.41. The average Bonchev–Trinajstić information content (AvgIpc) is 2.80. The van der Waals surface area contributed by atoms with E-state index in [9.17, 15) is 4.79 Å². The lowest BCUT2D eigenvalue weighted by Gasteiger charge is -2.08. The lowest BCUT2D eigenvalue weighted by molar-refractivity contribution is 0.250. The van der Waals surface area contributed by atoms with Crippen molar-refractivity contribution in [3.8, 4) is 5.75 Å². The van der Waals surface area contributed by atoms with Gasteiger partial charge in [0.05, 0.1) is 5.52 Å². The van der Waals surface area contributed by atoms with Crippen LogP contribution >= 0.6 is 0 Å². The van der Waals surface area contributed by atoms with Crippen LogP contribution in [-0.2, 0) is 0 Å². The zero-order chi connectivity index (χ0) is 16.1. The van der Waals surface area contributed by atoms with Crippen LogP contribution in [0.5, 0.6) is 5.75 Å². The van der Waals surface area contributed by atoms with Crippen molar-refractivity contribution in [2.45, 2.75) is 33.7 Å². The minimum absolute atomic E-state index is 0.0697. The first kappa shape index (κ1) is 15.9. The van der Waals surface area contributed by atoms with Crippen molar-refractivity contribution >= 4 is 22.8 Å². The van der Waals surface area contributed by atoms with Crippen LogP contribution in [0.1, 0.15) is 27.7 Å². The molecule has 1 aromatic heterocycles. The Morgan fingerprint density at radius 3 is 2.86 bits per heavy atom. The van der Waals surface area contributed by atoms with Crippen LogP contribution in [0.2, 0.25) is 0 Å². The second-order valence-corrected chi connectivity index (χ2v) is 5.63. The number of amides is 2. The SMILES string of the molecule is CC(C)=CCOc1ccc2c(NC(=O)NC(C)C)n[nH]c2c1. The highest BCUT2D eigenvalue weighted by Gasteiger charge is 2.10. The monoisotopic (exact) mass is 302 g/mol. The maximum Gasteiger partial charge on any atom is 0.320 e. The van der Waals surface area contributed by atoms with E-state index in [1.54, 1.807) is 0 Å². The molecule has 0 saturated heterocycles. The highest BCUT2D eigenvalue weighted by Crippen LogP contribution is 2.24. The third-order valence-corrected chi connectivity index (χ3v) is 2.93. The predicted octanol–water partition coefficient (Wildman–Crippen LogP) is 3.44. The number of aromatic amines is 1. The fourth-order valence-corrected chi connectivity index (χ4v) is 1.89. The van der Waals surface area contributed by atoms with E-state index in [1.165, 1.54) is 5.57 Å². The number of benzene rings is 1. The lowest BCUT2D eigenvalue weighted by atomic mass is 10.2. The Hall–Kier alpha value is -2.50. The molecule has 0 bridgehead atoms. The zero-order valence-corrected chi connectivity index (χ0v) is 13.4. The number of urea groups is 1. The summed E-state index contributed by atoms with van der Waals surface area (Å²) in [4.78, 5) is 11.7. The molecule has 2 amide bonds. The van der Waals surface area contributed by atoms with Gasteiger partial charge in [0.2, 0.25) is 0 Å². The van der Waals surface area contributed by atoms with Crippen molar-refractivity contribution in [1.29, 1.82) is 0 Å². The summed E-state index contributed by atoms with van der Waals surface area (Å²) >= 11 is 0. The Labute approximate surface area is 129 Å². The molecule has 0 atom stereocenters. The van der Waals surface area contributed by atoms with E-state index < -0.39 is 0 Å². The van der Waals surface area contributed by atoms with E-state index in [4.69, 9.17) is 4.74 Å². The molecule has 118 valence electrons. The minimum atomic E-state index is -0.271. The number of hydrogen-bond donors (Lipinski definition) is 3. The molecule has 0 fully saturated rings. The maximum absolute atomic E-state index is 11.7. The van der Waals surface area contributed by atoms with Crippen molar-refractivity contribution in [1.82, 2.24) is 15.5 Å². The van der Waals surface area contributed by atoms with Gasteiger partial charge in [-0.05, 0) is 45.9 Å². The largest absolute Gasteiger partial charge is 0.489 e. The molecule has 0 aliphatic rings. The first-order chi connectivity index (χ1) is 10.5. The maximum atomic E-state index is 11.7. The molecule has 2 rings (SSSR count). The molecule has 0 unspecified atom stereocenters. The Morgan fingerprint density at radius 1 is 1.41 bits per heavy atom. The molecule has 0 spiro atoms. The fraction of sp³-hybridized carbons (Fsp3) is 0.375. The van der Waals surface area contributed by atoms with Gasteiger partial charge < -0.3 is 10.1 Å². The molecule has 22 heavy (non-hydrogen) atoms. The number of hydrogen-bond acceptors (Lipinski definition) is 3. The van der Waals surface area contributed by atoms with Gasteiger partial charge >= 0.3 is 6.03 Å². The number of allylic oxidation sites excluding steroid dienone is 1. The molecule has 0 aliphatic carbocycles. The molecule has 0 radical (unpaired) electrons. The van der Waals surface area contributed by atoms with Gasteiger partial charge in [-0.1, -0.05) is 5.57 Å². The number of ether oxygens (including phenoxy) is 1. The van der Waals surface area contributed by atoms with Gasteiger partial charge in [0.1, 0.15) is 12.4 Å². The summed E-state index contributed by atoms with van der Waals surface area (Å²) in [5.41, 5.74) is 2.03. The Kier molecular flexibility index (Phi) is 5.04. The molecule has 6 heteroatoms. The third kappa shape index (κ3) is 4.25. The van der Waals surface area contributed by atoms with Crippen LogP contribution < -0.4 is 15.4 Å². The van der Waals surface area contributed by atoms with E-state index in [0.717, 1.165) is 16.7 Å². The second-order valence-electron chi connectivity index (χ2n) is 5.63. The molecule has 0 aliphatic heterocycles. The number of anilines is 1. The van der Waals surface area contributed by atoms with Gasteiger partial charge in [0, 0.05) is 17.5 Å².